The number of alkyl halides is 1. The zero-order valence-electron chi connectivity index (χ0n) is 39.5. The first-order valence-corrected chi connectivity index (χ1v) is 25.1. The largest absolute Gasteiger partial charge is 0.459 e. The molecule has 1 spiro atoms. The number of nitrogens with zero attached hydrogens (tertiary/aromatic N) is 1. The van der Waals surface area contributed by atoms with Gasteiger partial charge in [-0.15, -0.1) is 0 Å². The molecule has 18 heteroatoms. The molecule has 4 aliphatic heterocycles. The second-order valence-corrected chi connectivity index (χ2v) is 21.8. The number of aliphatic hydroxyl groups is 3. The van der Waals surface area contributed by atoms with Gasteiger partial charge in [0.1, 0.15) is 30.6 Å². The minimum atomic E-state index is -3.38. The minimum Gasteiger partial charge on any atom is -0.459 e. The summed E-state index contributed by atoms with van der Waals surface area (Å²) in [7, 11) is -1.57. The molecule has 2 bridgehead atoms. The van der Waals surface area contributed by atoms with Gasteiger partial charge in [-0.25, -0.2) is 12.8 Å². The number of benzene rings is 1. The summed E-state index contributed by atoms with van der Waals surface area (Å²) in [5.41, 5.74) is -2.13. The van der Waals surface area contributed by atoms with Crippen LogP contribution in [-0.2, 0) is 49.5 Å². The molecule has 0 radical (unpaired) electrons. The van der Waals surface area contributed by atoms with Crippen molar-refractivity contribution in [2.75, 3.05) is 46.2 Å². The number of ether oxygens (including phenoxy) is 5. The van der Waals surface area contributed by atoms with E-state index in [2.05, 4.69) is 22.9 Å². The van der Waals surface area contributed by atoms with Gasteiger partial charge in [-0.3, -0.25) is 9.59 Å². The van der Waals surface area contributed by atoms with Gasteiger partial charge in [0.05, 0.1) is 40.8 Å². The molecular formula is C46H77FN4O12S. The zero-order chi connectivity index (χ0) is 47.4. The lowest BCUT2D eigenvalue weighted by Gasteiger charge is -2.48. The van der Waals surface area contributed by atoms with Gasteiger partial charge in [-0.2, -0.15) is 0 Å². The molecule has 1 amide bonds. The van der Waals surface area contributed by atoms with Crippen LogP contribution in [0.5, 0.6) is 0 Å². The Morgan fingerprint density at radius 2 is 1.75 bits per heavy atom. The fourth-order valence-corrected chi connectivity index (χ4v) is 11.0. The topological polar surface area (TPSA) is 214 Å². The third kappa shape index (κ3) is 12.6. The standard InChI is InChI=1S/C46H77FN4O12S/c1-11-36-45(8,56)40(54)31(6)49-26-27(2)24-44(7)41(29(4)39(30(5)42(55)60-36)62-46(63-44)17-19-48-20-18-46)61-43-38(53)35(22-28(3)59-43)51(9)21-16-37(52)50-33(25-47)23-32-12-14-34(15-13-32)64(10,57)58/h12-15,27-31,33,35-36,38-41,43,48-49,53-54,56H,11,16-26H2,1-10H3,(H,50,52)/t27-,28-,29+,30-,31-,33+,35+,36-,38-,39+,40-,41-,43+,44+,45?/m1/s1. The summed E-state index contributed by atoms with van der Waals surface area (Å²) < 4.78 is 71.6. The number of carbonyl (C=O) groups is 2. The van der Waals surface area contributed by atoms with Crippen molar-refractivity contribution in [3.05, 3.63) is 29.8 Å². The predicted molar refractivity (Wildman–Crippen MR) is 238 cm³/mol. The van der Waals surface area contributed by atoms with Crippen molar-refractivity contribution in [3.63, 3.8) is 0 Å². The third-order valence-corrected chi connectivity index (χ3v) is 15.2. The summed E-state index contributed by atoms with van der Waals surface area (Å²) in [5, 5.41) is 44.7. The predicted octanol–water partition coefficient (Wildman–Crippen LogP) is 2.64. The Labute approximate surface area is 379 Å². The molecule has 0 saturated carbocycles. The highest BCUT2D eigenvalue weighted by Gasteiger charge is 2.58. The number of hydrogen-bond donors (Lipinski definition) is 6. The van der Waals surface area contributed by atoms with E-state index in [9.17, 15) is 37.7 Å². The smallest absolute Gasteiger partial charge is 0.311 e. The first-order chi connectivity index (χ1) is 29.9. The highest BCUT2D eigenvalue weighted by Crippen LogP contribution is 2.47. The first-order valence-electron chi connectivity index (χ1n) is 23.2. The van der Waals surface area contributed by atoms with Gasteiger partial charge in [-0.05, 0) is 97.5 Å². The van der Waals surface area contributed by atoms with E-state index in [1.165, 1.54) is 19.1 Å². The number of piperidine rings is 1. The van der Waals surface area contributed by atoms with Crippen molar-refractivity contribution in [2.45, 2.75) is 183 Å². The molecule has 64 heavy (non-hydrogen) atoms. The summed E-state index contributed by atoms with van der Waals surface area (Å²) in [6, 6.07) is 4.30. The minimum absolute atomic E-state index is 0.0232. The fourth-order valence-electron chi connectivity index (χ4n) is 10.3. The molecule has 16 nitrogen and oxygen atoms in total. The molecule has 4 aliphatic rings. The lowest BCUT2D eigenvalue weighted by molar-refractivity contribution is -0.329. The van der Waals surface area contributed by atoms with E-state index in [1.807, 2.05) is 32.7 Å². The van der Waals surface area contributed by atoms with E-state index < -0.39 is 106 Å². The summed E-state index contributed by atoms with van der Waals surface area (Å²) in [5.74, 6) is -3.49. The maximum atomic E-state index is 14.2. The number of likely N-dealkylation sites (N-methyl/N-ethyl adjacent to an activating group) is 1. The summed E-state index contributed by atoms with van der Waals surface area (Å²) in [6.45, 7) is 15.9. The van der Waals surface area contributed by atoms with Crippen molar-refractivity contribution in [1.29, 1.82) is 0 Å². The maximum absolute atomic E-state index is 14.2. The second-order valence-electron chi connectivity index (χ2n) is 19.8. The lowest BCUT2D eigenvalue weighted by atomic mass is 9.78. The van der Waals surface area contributed by atoms with Gasteiger partial charge in [0, 0.05) is 63.2 Å². The SMILES string of the molecule is CC[C@H]1OC(=O)[C@H](C)[C@H]2OC3(CCNCC3)O[C@@](C)(C[C@@H](C)CN[C@H](C)[C@@H](O)C1(C)O)[C@H](O[C@@H]1O[C@H](C)C[C@H](N(C)CCC(=O)N[C@H](CF)Cc3ccc(S(C)(=O)=O)cc3)[C@H]1O)[C@H]2C. The van der Waals surface area contributed by atoms with E-state index in [1.54, 1.807) is 32.9 Å². The maximum Gasteiger partial charge on any atom is 0.311 e. The average Bonchev–Trinajstić information content (AvgIpc) is 3.31. The van der Waals surface area contributed by atoms with Crippen LogP contribution in [0.15, 0.2) is 29.2 Å². The van der Waals surface area contributed by atoms with E-state index in [-0.39, 0.29) is 48.6 Å². The van der Waals surface area contributed by atoms with E-state index in [4.69, 9.17) is 23.7 Å². The average molecular weight is 929 g/mol. The van der Waals surface area contributed by atoms with Crippen molar-refractivity contribution < 1.29 is 61.4 Å². The van der Waals surface area contributed by atoms with Crippen LogP contribution in [0.2, 0.25) is 0 Å². The van der Waals surface area contributed by atoms with Gasteiger partial charge in [0.25, 0.3) is 0 Å². The van der Waals surface area contributed by atoms with Gasteiger partial charge in [-0.1, -0.05) is 32.9 Å². The Morgan fingerprint density at radius 3 is 2.36 bits per heavy atom. The van der Waals surface area contributed by atoms with Gasteiger partial charge in [0.15, 0.2) is 21.9 Å². The molecule has 6 N–H and O–H groups in total. The van der Waals surface area contributed by atoms with E-state index in [0.717, 1.165) is 6.26 Å². The van der Waals surface area contributed by atoms with Gasteiger partial charge < -0.3 is 59.9 Å². The monoisotopic (exact) mass is 929 g/mol. The quantitative estimate of drug-likeness (QED) is 0.166. The molecule has 1 aromatic rings. The number of hydrogen-bond acceptors (Lipinski definition) is 15. The number of fused-ring (bicyclic) bond motifs is 3. The normalized spacial score (nSPS) is 38.5. The summed E-state index contributed by atoms with van der Waals surface area (Å²) >= 11 is 0. The Kier molecular flexibility index (Phi) is 17.9. The summed E-state index contributed by atoms with van der Waals surface area (Å²) in [6.07, 6.45) is -3.04. The zero-order valence-corrected chi connectivity index (χ0v) is 40.4. The van der Waals surface area contributed by atoms with Crippen LogP contribution >= 0.6 is 0 Å². The highest BCUT2D eigenvalue weighted by molar-refractivity contribution is 7.90. The summed E-state index contributed by atoms with van der Waals surface area (Å²) in [4.78, 5) is 29.4. The number of halogens is 1. The number of esters is 1. The number of nitrogens with one attached hydrogen (secondary N) is 3. The van der Waals surface area contributed by atoms with Crippen LogP contribution in [0.25, 0.3) is 0 Å². The number of aliphatic hydroxyl groups excluding tert-OH is 2. The molecule has 15 atom stereocenters. The van der Waals surface area contributed by atoms with Crippen LogP contribution in [0.1, 0.15) is 99.5 Å². The second kappa shape index (κ2) is 21.7. The number of amides is 1. The van der Waals surface area contributed by atoms with Crippen LogP contribution in [0, 0.1) is 17.8 Å². The van der Waals surface area contributed by atoms with Crippen molar-refractivity contribution in [3.8, 4) is 0 Å². The number of sulfone groups is 1. The highest BCUT2D eigenvalue weighted by atomic mass is 32.2. The number of carbonyl (C=O) groups excluding carboxylic acids is 2. The fraction of sp³-hybridized carbons (Fsp3) is 0.826. The molecule has 0 aromatic heterocycles. The third-order valence-electron chi connectivity index (χ3n) is 14.0. The first kappa shape index (κ1) is 52.6. The van der Waals surface area contributed by atoms with Gasteiger partial charge >= 0.3 is 5.97 Å². The molecule has 366 valence electrons. The Balaban J connectivity index is 1.38. The van der Waals surface area contributed by atoms with Crippen molar-refractivity contribution in [1.82, 2.24) is 20.9 Å². The molecule has 1 aromatic carbocycles. The number of cyclic esters (lactones) is 1. The van der Waals surface area contributed by atoms with Crippen molar-refractivity contribution >= 4 is 21.7 Å². The Hall–Kier alpha value is -2.36. The molecule has 1 unspecified atom stereocenters. The van der Waals surface area contributed by atoms with Crippen LogP contribution in [0.4, 0.5) is 4.39 Å². The molecule has 0 aliphatic carbocycles. The Morgan fingerprint density at radius 1 is 1.09 bits per heavy atom. The Bertz CT molecular complexity index is 1800. The lowest BCUT2D eigenvalue weighted by Crippen LogP contribution is -2.60. The van der Waals surface area contributed by atoms with Crippen LogP contribution in [-0.4, -0.2) is 165 Å². The van der Waals surface area contributed by atoms with Crippen LogP contribution < -0.4 is 16.0 Å². The van der Waals surface area contributed by atoms with Crippen LogP contribution in [0.3, 0.4) is 0 Å². The van der Waals surface area contributed by atoms with Crippen molar-refractivity contribution in [2.24, 2.45) is 17.8 Å². The van der Waals surface area contributed by atoms with E-state index in [0.29, 0.717) is 50.9 Å². The molecule has 4 saturated heterocycles. The molecule has 4 heterocycles. The number of rotatable bonds is 12. The molecule has 5 rings (SSSR count). The van der Waals surface area contributed by atoms with Gasteiger partial charge in [0.2, 0.25) is 5.91 Å². The van der Waals surface area contributed by atoms with E-state index >= 15 is 0 Å². The molecule has 4 fully saturated rings. The molecular weight excluding hydrogens is 852 g/mol.